The minimum Gasteiger partial charge on any atom is -0.370 e. The fourth-order valence-electron chi connectivity index (χ4n) is 4.15. The van der Waals surface area contributed by atoms with E-state index in [0.717, 1.165) is 16.0 Å². The van der Waals surface area contributed by atoms with E-state index in [4.69, 9.17) is 4.74 Å². The van der Waals surface area contributed by atoms with Crippen LogP contribution in [0.2, 0.25) is 0 Å². The van der Waals surface area contributed by atoms with Crippen molar-refractivity contribution in [1.29, 1.82) is 0 Å². The molecule has 2 fully saturated rings. The highest BCUT2D eigenvalue weighted by molar-refractivity contribution is 6.09. The number of amides is 4. The zero-order chi connectivity index (χ0) is 22.2. The number of carbonyl (C=O) groups is 3. The molecule has 2 atom stereocenters. The Kier molecular flexibility index (Phi) is 5.49. The molecule has 1 N–H and O–H groups in total. The lowest BCUT2D eigenvalue weighted by molar-refractivity contribution is -0.143. The number of nitrogens with zero attached hydrogens (tertiary/aromatic N) is 2. The minimum atomic E-state index is -1.22. The summed E-state index contributed by atoms with van der Waals surface area (Å²) in [6.45, 7) is 4.12. The molecule has 162 valence electrons. The predicted molar refractivity (Wildman–Crippen MR) is 110 cm³/mol. The quantitative estimate of drug-likeness (QED) is 0.764. The Balaban J connectivity index is 1.47. The molecular weight excluding hydrogens is 401 g/mol. The van der Waals surface area contributed by atoms with Crippen LogP contribution in [-0.2, 0) is 19.9 Å². The van der Waals surface area contributed by atoms with Gasteiger partial charge in [-0.3, -0.25) is 14.5 Å². The number of hydrogen-bond donors (Lipinski definition) is 1. The van der Waals surface area contributed by atoms with Gasteiger partial charge in [0.05, 0.1) is 13.2 Å². The summed E-state index contributed by atoms with van der Waals surface area (Å²) in [6, 6.07) is 12.7. The normalized spacial score (nSPS) is 23.8. The topological polar surface area (TPSA) is 79.0 Å². The molecule has 0 aromatic heterocycles. The first-order valence-corrected chi connectivity index (χ1v) is 10.1. The summed E-state index contributed by atoms with van der Waals surface area (Å²) in [7, 11) is 0. The Bertz CT molecular complexity index is 1030. The third-order valence-corrected chi connectivity index (χ3v) is 5.91. The van der Waals surface area contributed by atoms with Crippen LogP contribution in [0.5, 0.6) is 0 Å². The Morgan fingerprint density at radius 1 is 1.19 bits per heavy atom. The molecule has 0 saturated carbocycles. The third-order valence-electron chi connectivity index (χ3n) is 5.91. The molecule has 31 heavy (non-hydrogen) atoms. The Morgan fingerprint density at radius 2 is 1.90 bits per heavy atom. The lowest BCUT2D eigenvalue weighted by Gasteiger charge is -2.34. The standard InChI is InChI=1S/C23H24FN3O4/c1-15-5-3-4-6-18(15)23(2)21(29)27(22(30)25-23)14-20(28)26-11-12-31-19(13-26)16-7-9-17(24)10-8-16/h3-10,19H,11-14H2,1-2H3,(H,25,30). The van der Waals surface area contributed by atoms with Gasteiger partial charge in [0.15, 0.2) is 0 Å². The van der Waals surface area contributed by atoms with E-state index in [-0.39, 0.29) is 24.8 Å². The number of hydrogen-bond acceptors (Lipinski definition) is 4. The Labute approximate surface area is 179 Å². The largest absolute Gasteiger partial charge is 0.370 e. The van der Waals surface area contributed by atoms with Crippen molar-refractivity contribution in [3.05, 3.63) is 71.0 Å². The Hall–Kier alpha value is -3.26. The first kappa shape index (κ1) is 21.0. The monoisotopic (exact) mass is 425 g/mol. The fourth-order valence-corrected chi connectivity index (χ4v) is 4.15. The third kappa shape index (κ3) is 3.90. The van der Waals surface area contributed by atoms with Crippen molar-refractivity contribution in [2.24, 2.45) is 0 Å². The van der Waals surface area contributed by atoms with Gasteiger partial charge in [-0.05, 0) is 42.7 Å². The van der Waals surface area contributed by atoms with Gasteiger partial charge >= 0.3 is 6.03 Å². The maximum atomic E-state index is 13.2. The van der Waals surface area contributed by atoms with Crippen molar-refractivity contribution in [2.45, 2.75) is 25.5 Å². The average molecular weight is 425 g/mol. The van der Waals surface area contributed by atoms with Crippen molar-refractivity contribution in [1.82, 2.24) is 15.1 Å². The smallest absolute Gasteiger partial charge is 0.325 e. The summed E-state index contributed by atoms with van der Waals surface area (Å²) in [5.74, 6) is -1.14. The van der Waals surface area contributed by atoms with E-state index in [1.54, 1.807) is 30.0 Å². The van der Waals surface area contributed by atoms with Crippen molar-refractivity contribution < 1.29 is 23.5 Å². The van der Waals surface area contributed by atoms with E-state index < -0.39 is 23.6 Å². The van der Waals surface area contributed by atoms with Gasteiger partial charge in [-0.25, -0.2) is 9.18 Å². The van der Waals surface area contributed by atoms with Gasteiger partial charge in [-0.2, -0.15) is 0 Å². The van der Waals surface area contributed by atoms with E-state index in [1.807, 2.05) is 25.1 Å². The zero-order valence-electron chi connectivity index (χ0n) is 17.4. The van der Waals surface area contributed by atoms with Crippen molar-refractivity contribution >= 4 is 17.8 Å². The van der Waals surface area contributed by atoms with E-state index in [0.29, 0.717) is 18.7 Å². The van der Waals surface area contributed by atoms with Crippen LogP contribution in [0.1, 0.15) is 29.7 Å². The van der Waals surface area contributed by atoms with Gasteiger partial charge in [-0.15, -0.1) is 0 Å². The molecule has 0 spiro atoms. The summed E-state index contributed by atoms with van der Waals surface area (Å²) >= 11 is 0. The number of urea groups is 1. The highest BCUT2D eigenvalue weighted by Crippen LogP contribution is 2.31. The molecule has 2 unspecified atom stereocenters. The van der Waals surface area contributed by atoms with Gasteiger partial charge in [-0.1, -0.05) is 36.4 Å². The van der Waals surface area contributed by atoms with Crippen LogP contribution in [0.4, 0.5) is 9.18 Å². The number of rotatable bonds is 4. The minimum absolute atomic E-state index is 0.267. The number of halogens is 1. The second-order valence-electron chi connectivity index (χ2n) is 8.01. The summed E-state index contributed by atoms with van der Waals surface area (Å²) in [5.41, 5.74) is 1.12. The van der Waals surface area contributed by atoms with Crippen LogP contribution in [-0.4, -0.2) is 53.9 Å². The van der Waals surface area contributed by atoms with Crippen molar-refractivity contribution in [3.63, 3.8) is 0 Å². The molecule has 2 aromatic rings. The maximum Gasteiger partial charge on any atom is 0.325 e. The average Bonchev–Trinajstić information content (AvgIpc) is 2.98. The number of aryl methyl sites for hydroxylation is 1. The van der Waals surface area contributed by atoms with E-state index in [1.165, 1.54) is 12.1 Å². The summed E-state index contributed by atoms with van der Waals surface area (Å²) in [4.78, 5) is 41.2. The summed E-state index contributed by atoms with van der Waals surface area (Å²) in [5, 5.41) is 2.74. The molecule has 2 aliphatic rings. The van der Waals surface area contributed by atoms with Crippen LogP contribution < -0.4 is 5.32 Å². The number of carbonyl (C=O) groups excluding carboxylic acids is 3. The van der Waals surface area contributed by atoms with Crippen LogP contribution in [0.15, 0.2) is 48.5 Å². The van der Waals surface area contributed by atoms with Crippen LogP contribution in [0, 0.1) is 12.7 Å². The molecule has 7 nitrogen and oxygen atoms in total. The maximum absolute atomic E-state index is 13.2. The number of benzene rings is 2. The van der Waals surface area contributed by atoms with E-state index >= 15 is 0 Å². The summed E-state index contributed by atoms with van der Waals surface area (Å²) < 4.78 is 18.9. The SMILES string of the molecule is Cc1ccccc1C1(C)NC(=O)N(CC(=O)N2CCOC(c3ccc(F)cc3)C2)C1=O. The highest BCUT2D eigenvalue weighted by atomic mass is 19.1. The van der Waals surface area contributed by atoms with Crippen LogP contribution >= 0.6 is 0 Å². The van der Waals surface area contributed by atoms with Gasteiger partial charge in [0.1, 0.15) is 24.0 Å². The first-order valence-electron chi connectivity index (χ1n) is 10.1. The number of nitrogens with one attached hydrogen (secondary N) is 1. The van der Waals surface area contributed by atoms with Gasteiger partial charge in [0, 0.05) is 6.54 Å². The molecule has 4 amide bonds. The molecule has 2 aliphatic heterocycles. The lowest BCUT2D eigenvalue weighted by atomic mass is 9.88. The molecule has 2 saturated heterocycles. The second-order valence-corrected chi connectivity index (χ2v) is 8.01. The highest BCUT2D eigenvalue weighted by Gasteiger charge is 2.50. The van der Waals surface area contributed by atoms with Gasteiger partial charge < -0.3 is 15.0 Å². The molecule has 2 heterocycles. The lowest BCUT2D eigenvalue weighted by Crippen LogP contribution is -2.48. The second kappa shape index (κ2) is 8.11. The number of ether oxygens (including phenoxy) is 1. The van der Waals surface area contributed by atoms with E-state index in [2.05, 4.69) is 5.32 Å². The molecule has 4 rings (SSSR count). The van der Waals surface area contributed by atoms with Crippen LogP contribution in [0.25, 0.3) is 0 Å². The molecule has 0 bridgehead atoms. The van der Waals surface area contributed by atoms with Crippen molar-refractivity contribution in [2.75, 3.05) is 26.2 Å². The summed E-state index contributed by atoms with van der Waals surface area (Å²) in [6.07, 6.45) is -0.390. The molecule has 0 radical (unpaired) electrons. The first-order chi connectivity index (χ1) is 14.8. The molecule has 8 heteroatoms. The predicted octanol–water partition coefficient (Wildman–Crippen LogP) is 2.50. The van der Waals surface area contributed by atoms with Gasteiger partial charge in [0.2, 0.25) is 5.91 Å². The molecular formula is C23H24FN3O4. The fraction of sp³-hybridized carbons (Fsp3) is 0.348. The van der Waals surface area contributed by atoms with Crippen molar-refractivity contribution in [3.8, 4) is 0 Å². The zero-order valence-corrected chi connectivity index (χ0v) is 17.4. The van der Waals surface area contributed by atoms with Crippen LogP contribution in [0.3, 0.4) is 0 Å². The number of morpholine rings is 1. The number of imide groups is 1. The molecule has 0 aliphatic carbocycles. The van der Waals surface area contributed by atoms with E-state index in [9.17, 15) is 18.8 Å². The Morgan fingerprint density at radius 3 is 2.61 bits per heavy atom. The van der Waals surface area contributed by atoms with Gasteiger partial charge in [0.25, 0.3) is 5.91 Å². The molecule has 2 aromatic carbocycles.